The molecule has 0 aliphatic carbocycles. The van der Waals surface area contributed by atoms with E-state index in [2.05, 4.69) is 5.32 Å². The molecule has 0 aliphatic rings. The normalized spacial score (nSPS) is 12.3. The number of carbonyl (C=O) groups is 1. The van der Waals surface area contributed by atoms with E-state index in [4.69, 9.17) is 5.11 Å². The van der Waals surface area contributed by atoms with Crippen LogP contribution in [0.25, 0.3) is 0 Å². The molecule has 0 radical (unpaired) electrons. The van der Waals surface area contributed by atoms with E-state index in [9.17, 15) is 13.6 Å². The molecule has 0 aliphatic heterocycles. The Hall–Kier alpha value is -1.79. The van der Waals surface area contributed by atoms with Crippen LogP contribution in [0.1, 0.15) is 16.5 Å². The highest BCUT2D eigenvalue weighted by Gasteiger charge is 2.20. The molecular formula is C13H11F2NO2S. The van der Waals surface area contributed by atoms with Crippen molar-refractivity contribution in [2.75, 3.05) is 0 Å². The van der Waals surface area contributed by atoms with E-state index in [1.165, 1.54) is 11.3 Å². The van der Waals surface area contributed by atoms with Crippen LogP contribution in [-0.4, -0.2) is 11.1 Å². The molecule has 1 heterocycles. The van der Waals surface area contributed by atoms with Gasteiger partial charge in [0.1, 0.15) is 17.7 Å². The highest BCUT2D eigenvalue weighted by Crippen LogP contribution is 2.18. The molecule has 0 saturated carbocycles. The van der Waals surface area contributed by atoms with Crippen molar-refractivity contribution in [3.05, 3.63) is 57.8 Å². The van der Waals surface area contributed by atoms with Crippen LogP contribution in [0, 0.1) is 11.6 Å². The van der Waals surface area contributed by atoms with Crippen molar-refractivity contribution in [3.63, 3.8) is 0 Å². The Morgan fingerprint density at radius 3 is 2.53 bits per heavy atom. The van der Waals surface area contributed by atoms with Gasteiger partial charge in [-0.05, 0) is 29.1 Å². The predicted molar refractivity (Wildman–Crippen MR) is 67.9 cm³/mol. The van der Waals surface area contributed by atoms with Gasteiger partial charge in [-0.3, -0.25) is 10.1 Å². The molecule has 2 rings (SSSR count). The Morgan fingerprint density at radius 2 is 2.00 bits per heavy atom. The second-order valence-electron chi connectivity index (χ2n) is 3.93. The van der Waals surface area contributed by atoms with Crippen molar-refractivity contribution in [3.8, 4) is 0 Å². The summed E-state index contributed by atoms with van der Waals surface area (Å²) in [6, 6.07) is 5.29. The maximum atomic E-state index is 13.1. The fourth-order valence-corrected chi connectivity index (χ4v) is 2.36. The second kappa shape index (κ2) is 5.90. The molecule has 1 unspecified atom stereocenters. The van der Waals surface area contributed by atoms with Crippen molar-refractivity contribution in [2.24, 2.45) is 0 Å². The number of thiophene rings is 1. The van der Waals surface area contributed by atoms with Gasteiger partial charge in [-0.1, -0.05) is 6.07 Å². The summed E-state index contributed by atoms with van der Waals surface area (Å²) in [6.45, 7) is 0.326. The maximum Gasteiger partial charge on any atom is 0.325 e. The minimum atomic E-state index is -1.18. The third-order valence-electron chi connectivity index (χ3n) is 2.53. The predicted octanol–water partition coefficient (Wildman–Crippen LogP) is 2.94. The number of hydrogen-bond donors (Lipinski definition) is 2. The third kappa shape index (κ3) is 3.59. The smallest absolute Gasteiger partial charge is 0.325 e. The van der Waals surface area contributed by atoms with E-state index in [0.717, 1.165) is 17.0 Å². The lowest BCUT2D eigenvalue weighted by atomic mass is 10.1. The lowest BCUT2D eigenvalue weighted by molar-refractivity contribution is -0.139. The van der Waals surface area contributed by atoms with E-state index in [0.29, 0.717) is 12.6 Å². The van der Waals surface area contributed by atoms with Gasteiger partial charge in [0.25, 0.3) is 0 Å². The number of carboxylic acid groups (broad SMARTS) is 1. The number of rotatable bonds is 5. The first-order valence-electron chi connectivity index (χ1n) is 5.51. The molecule has 0 saturated heterocycles. The van der Waals surface area contributed by atoms with Crippen LogP contribution in [0.4, 0.5) is 8.78 Å². The summed E-state index contributed by atoms with van der Waals surface area (Å²) in [5.41, 5.74) is 0.0570. The van der Waals surface area contributed by atoms with Gasteiger partial charge in [0.2, 0.25) is 0 Å². The number of halogens is 2. The van der Waals surface area contributed by atoms with E-state index in [1.807, 2.05) is 17.5 Å². The lowest BCUT2D eigenvalue weighted by Crippen LogP contribution is -2.28. The van der Waals surface area contributed by atoms with E-state index in [1.54, 1.807) is 0 Å². The molecule has 0 amide bonds. The maximum absolute atomic E-state index is 13.1. The first-order valence-corrected chi connectivity index (χ1v) is 6.39. The van der Waals surface area contributed by atoms with Gasteiger partial charge < -0.3 is 5.11 Å². The van der Waals surface area contributed by atoms with Crippen molar-refractivity contribution in [1.29, 1.82) is 0 Å². The van der Waals surface area contributed by atoms with Gasteiger partial charge in [0, 0.05) is 17.5 Å². The molecule has 19 heavy (non-hydrogen) atoms. The fraction of sp³-hybridized carbons (Fsp3) is 0.154. The van der Waals surface area contributed by atoms with Crippen molar-refractivity contribution >= 4 is 17.3 Å². The molecule has 6 heteroatoms. The quantitative estimate of drug-likeness (QED) is 0.887. The monoisotopic (exact) mass is 283 g/mol. The first-order chi connectivity index (χ1) is 9.06. The van der Waals surface area contributed by atoms with Gasteiger partial charge in [0.15, 0.2) is 0 Å². The molecule has 2 N–H and O–H groups in total. The van der Waals surface area contributed by atoms with Crippen LogP contribution in [0.15, 0.2) is 35.7 Å². The summed E-state index contributed by atoms with van der Waals surface area (Å²) in [4.78, 5) is 12.1. The summed E-state index contributed by atoms with van der Waals surface area (Å²) in [7, 11) is 0. The van der Waals surface area contributed by atoms with Crippen LogP contribution >= 0.6 is 11.3 Å². The van der Waals surface area contributed by atoms with E-state index in [-0.39, 0.29) is 5.56 Å². The lowest BCUT2D eigenvalue weighted by Gasteiger charge is -2.14. The zero-order valence-electron chi connectivity index (χ0n) is 9.77. The summed E-state index contributed by atoms with van der Waals surface area (Å²) >= 11 is 1.47. The Bertz CT molecular complexity index is 552. The van der Waals surface area contributed by atoms with Gasteiger partial charge in [0.05, 0.1) is 0 Å². The molecule has 0 fully saturated rings. The highest BCUT2D eigenvalue weighted by molar-refractivity contribution is 7.09. The zero-order valence-corrected chi connectivity index (χ0v) is 10.6. The Kier molecular flexibility index (Phi) is 4.24. The van der Waals surface area contributed by atoms with Gasteiger partial charge in [-0.15, -0.1) is 11.3 Å². The van der Waals surface area contributed by atoms with Crippen LogP contribution in [-0.2, 0) is 11.3 Å². The molecule has 1 aromatic carbocycles. The molecule has 1 aromatic heterocycles. The number of aliphatic carboxylic acids is 1. The van der Waals surface area contributed by atoms with Crippen molar-refractivity contribution in [2.45, 2.75) is 12.6 Å². The Balaban J connectivity index is 2.17. The topological polar surface area (TPSA) is 49.3 Å². The number of hydrogen-bond acceptors (Lipinski definition) is 3. The highest BCUT2D eigenvalue weighted by atomic mass is 32.1. The molecule has 1 atom stereocenters. The standard InChI is InChI=1S/C13H11F2NO2S/c14-9-4-8(5-10(15)6-9)12(13(17)18)16-7-11-2-1-3-19-11/h1-6,12,16H,7H2,(H,17,18). The van der Waals surface area contributed by atoms with Gasteiger partial charge in [-0.2, -0.15) is 0 Å². The Morgan fingerprint density at radius 1 is 1.32 bits per heavy atom. The molecule has 0 bridgehead atoms. The van der Waals surface area contributed by atoms with E-state index >= 15 is 0 Å². The molecular weight excluding hydrogens is 272 g/mol. The molecule has 3 nitrogen and oxygen atoms in total. The Labute approximate surface area is 112 Å². The molecule has 2 aromatic rings. The number of benzene rings is 1. The zero-order chi connectivity index (χ0) is 13.8. The summed E-state index contributed by atoms with van der Waals surface area (Å²) in [5.74, 6) is -2.76. The third-order valence-corrected chi connectivity index (χ3v) is 3.40. The van der Waals surface area contributed by atoms with Crippen molar-refractivity contribution in [1.82, 2.24) is 5.32 Å². The van der Waals surface area contributed by atoms with Crippen LogP contribution < -0.4 is 5.32 Å². The van der Waals surface area contributed by atoms with E-state index < -0.39 is 23.6 Å². The average Bonchev–Trinajstić information content (AvgIpc) is 2.80. The summed E-state index contributed by atoms with van der Waals surface area (Å²) in [6.07, 6.45) is 0. The van der Waals surface area contributed by atoms with Gasteiger partial charge in [-0.25, -0.2) is 8.78 Å². The van der Waals surface area contributed by atoms with Crippen LogP contribution in [0.5, 0.6) is 0 Å². The first kappa shape index (κ1) is 13.6. The van der Waals surface area contributed by atoms with Gasteiger partial charge >= 0.3 is 5.97 Å². The minimum absolute atomic E-state index is 0.0570. The van der Waals surface area contributed by atoms with Crippen LogP contribution in [0.2, 0.25) is 0 Å². The summed E-state index contributed by atoms with van der Waals surface area (Å²) in [5, 5.41) is 13.8. The van der Waals surface area contributed by atoms with Crippen LogP contribution in [0.3, 0.4) is 0 Å². The minimum Gasteiger partial charge on any atom is -0.480 e. The SMILES string of the molecule is O=C(O)C(NCc1cccs1)c1cc(F)cc(F)c1. The number of nitrogens with one attached hydrogen (secondary N) is 1. The molecule has 0 spiro atoms. The fourth-order valence-electron chi connectivity index (χ4n) is 1.71. The summed E-state index contributed by atoms with van der Waals surface area (Å²) < 4.78 is 26.2. The largest absolute Gasteiger partial charge is 0.480 e. The second-order valence-corrected chi connectivity index (χ2v) is 4.97. The van der Waals surface area contributed by atoms with Crippen molar-refractivity contribution < 1.29 is 18.7 Å². The average molecular weight is 283 g/mol. The molecule has 100 valence electrons. The number of carboxylic acids is 1.